The van der Waals surface area contributed by atoms with Gasteiger partial charge < -0.3 is 14.0 Å². The molecular formula is C24H18ClF3N6O2. The van der Waals surface area contributed by atoms with Crippen LogP contribution in [0.3, 0.4) is 0 Å². The average molecular weight is 515 g/mol. The maximum atomic E-state index is 13.2. The highest BCUT2D eigenvalue weighted by atomic mass is 35.5. The number of ether oxygens (including phenoxy) is 2. The van der Waals surface area contributed by atoms with Crippen molar-refractivity contribution in [2.24, 2.45) is 4.99 Å². The molecule has 0 N–H and O–H groups in total. The van der Waals surface area contributed by atoms with E-state index in [1.807, 2.05) is 21.3 Å². The third-order valence-electron chi connectivity index (χ3n) is 6.19. The second-order valence-corrected chi connectivity index (χ2v) is 8.85. The normalized spacial score (nSPS) is 16.6. The number of benzene rings is 2. The van der Waals surface area contributed by atoms with Crippen LogP contribution >= 0.6 is 11.6 Å². The van der Waals surface area contributed by atoms with Gasteiger partial charge in [0.2, 0.25) is 5.90 Å². The Bertz CT molecular complexity index is 1510. The number of nitrogens with zero attached hydrogens (tertiary/aromatic N) is 6. The highest BCUT2D eigenvalue weighted by Crippen LogP contribution is 2.36. The summed E-state index contributed by atoms with van der Waals surface area (Å²) < 4.78 is 54.6. The molecule has 2 aromatic carbocycles. The van der Waals surface area contributed by atoms with Crippen LogP contribution in [0.25, 0.3) is 17.1 Å². The molecule has 0 radical (unpaired) electrons. The second kappa shape index (κ2) is 8.45. The van der Waals surface area contributed by atoms with E-state index in [2.05, 4.69) is 20.2 Å². The number of hydrogen-bond donors (Lipinski definition) is 0. The van der Waals surface area contributed by atoms with E-state index in [4.69, 9.17) is 21.1 Å². The molecule has 0 saturated heterocycles. The van der Waals surface area contributed by atoms with Crippen molar-refractivity contribution < 1.29 is 22.6 Å². The maximum Gasteiger partial charge on any atom is 0.416 e. The van der Waals surface area contributed by atoms with E-state index in [0.29, 0.717) is 34.5 Å². The zero-order chi connectivity index (χ0) is 25.0. The van der Waals surface area contributed by atoms with Gasteiger partial charge in [-0.25, -0.2) is 9.98 Å². The lowest BCUT2D eigenvalue weighted by Crippen LogP contribution is -2.13. The Balaban J connectivity index is 1.44. The van der Waals surface area contributed by atoms with Crippen LogP contribution < -0.4 is 0 Å². The summed E-state index contributed by atoms with van der Waals surface area (Å²) in [4.78, 5) is 9.17. The van der Waals surface area contributed by atoms with Gasteiger partial charge in [-0.15, -0.1) is 10.2 Å². The van der Waals surface area contributed by atoms with Crippen molar-refractivity contribution in [1.82, 2.24) is 24.3 Å². The Morgan fingerprint density at radius 1 is 1.17 bits per heavy atom. The summed E-state index contributed by atoms with van der Waals surface area (Å²) >= 11 is 6.30. The van der Waals surface area contributed by atoms with Crippen molar-refractivity contribution in [1.29, 1.82) is 0 Å². The summed E-state index contributed by atoms with van der Waals surface area (Å²) in [5.41, 5.74) is 2.54. The fourth-order valence-electron chi connectivity index (χ4n) is 4.49. The van der Waals surface area contributed by atoms with Gasteiger partial charge in [-0.3, -0.25) is 4.57 Å². The summed E-state index contributed by atoms with van der Waals surface area (Å²) in [7, 11) is 1.58. The van der Waals surface area contributed by atoms with Crippen LogP contribution in [0.4, 0.5) is 13.2 Å². The number of imidazole rings is 1. The van der Waals surface area contributed by atoms with Crippen LogP contribution in [0.15, 0.2) is 53.8 Å². The van der Waals surface area contributed by atoms with Gasteiger partial charge in [0.25, 0.3) is 0 Å². The molecule has 1 atom stereocenters. The van der Waals surface area contributed by atoms with E-state index in [9.17, 15) is 13.2 Å². The van der Waals surface area contributed by atoms with Gasteiger partial charge in [-0.2, -0.15) is 13.2 Å². The minimum absolute atomic E-state index is 0.113. The van der Waals surface area contributed by atoms with E-state index >= 15 is 0 Å². The number of aromatic nitrogens is 5. The molecule has 12 heteroatoms. The number of halogens is 4. The SMILES string of the molecule is COCc1nnc2n1Cc1c(C3=NC(c4cccc(C(F)(F)F)c4)CO3)ncn1-c1ccc(Cl)cc1-2. The van der Waals surface area contributed by atoms with Crippen molar-refractivity contribution in [3.63, 3.8) is 0 Å². The van der Waals surface area contributed by atoms with Crippen LogP contribution in [-0.2, 0) is 28.8 Å². The maximum absolute atomic E-state index is 13.2. The van der Waals surface area contributed by atoms with E-state index < -0.39 is 17.8 Å². The fraction of sp³-hybridized carbons (Fsp3) is 0.250. The molecule has 0 saturated carbocycles. The Hall–Kier alpha value is -3.70. The summed E-state index contributed by atoms with van der Waals surface area (Å²) in [6.07, 6.45) is -2.77. The molecule has 6 rings (SSSR count). The molecular weight excluding hydrogens is 497 g/mol. The molecule has 0 aliphatic carbocycles. The molecule has 8 nitrogen and oxygen atoms in total. The predicted octanol–water partition coefficient (Wildman–Crippen LogP) is 4.83. The lowest BCUT2D eigenvalue weighted by molar-refractivity contribution is -0.137. The lowest BCUT2D eigenvalue weighted by Gasteiger charge is -2.10. The molecule has 2 aromatic heterocycles. The average Bonchev–Trinajstić information content (AvgIpc) is 3.57. The third-order valence-corrected chi connectivity index (χ3v) is 6.42. The molecule has 2 aliphatic heterocycles. The first-order valence-corrected chi connectivity index (χ1v) is 11.4. The number of hydrogen-bond acceptors (Lipinski definition) is 6. The van der Waals surface area contributed by atoms with Crippen molar-refractivity contribution in [2.45, 2.75) is 25.4 Å². The molecule has 184 valence electrons. The Morgan fingerprint density at radius 3 is 2.83 bits per heavy atom. The molecule has 2 aliphatic rings. The Labute approximate surface area is 208 Å². The minimum atomic E-state index is -4.43. The number of methoxy groups -OCH3 is 1. The van der Waals surface area contributed by atoms with Crippen LogP contribution in [0, 0.1) is 0 Å². The van der Waals surface area contributed by atoms with Crippen LogP contribution in [0.2, 0.25) is 5.02 Å². The van der Waals surface area contributed by atoms with E-state index in [-0.39, 0.29) is 19.1 Å². The molecule has 4 heterocycles. The first-order chi connectivity index (χ1) is 17.3. The largest absolute Gasteiger partial charge is 0.474 e. The molecule has 0 bridgehead atoms. The Morgan fingerprint density at radius 2 is 2.03 bits per heavy atom. The number of fused-ring (bicyclic) bond motifs is 5. The highest BCUT2D eigenvalue weighted by Gasteiger charge is 2.33. The molecule has 0 fully saturated rings. The zero-order valence-electron chi connectivity index (χ0n) is 18.8. The molecule has 0 spiro atoms. The van der Waals surface area contributed by atoms with Crippen molar-refractivity contribution >= 4 is 17.5 Å². The Kier molecular flexibility index (Phi) is 5.34. The van der Waals surface area contributed by atoms with Crippen molar-refractivity contribution in [3.8, 4) is 17.1 Å². The van der Waals surface area contributed by atoms with Gasteiger partial charge in [-0.05, 0) is 35.9 Å². The van der Waals surface area contributed by atoms with Gasteiger partial charge in [0.15, 0.2) is 11.6 Å². The molecule has 0 amide bonds. The number of rotatable bonds is 4. The van der Waals surface area contributed by atoms with Crippen LogP contribution in [-0.4, -0.2) is 43.9 Å². The number of alkyl halides is 3. The summed E-state index contributed by atoms with van der Waals surface area (Å²) in [5.74, 6) is 1.52. The molecule has 36 heavy (non-hydrogen) atoms. The van der Waals surface area contributed by atoms with E-state index in [1.54, 1.807) is 25.6 Å². The topological polar surface area (TPSA) is 79.3 Å². The first kappa shape index (κ1) is 22.7. The zero-order valence-corrected chi connectivity index (χ0v) is 19.6. The van der Waals surface area contributed by atoms with E-state index in [0.717, 1.165) is 29.1 Å². The predicted molar refractivity (Wildman–Crippen MR) is 124 cm³/mol. The van der Waals surface area contributed by atoms with Crippen LogP contribution in [0.5, 0.6) is 0 Å². The summed E-state index contributed by atoms with van der Waals surface area (Å²) in [6, 6.07) is 10.0. The van der Waals surface area contributed by atoms with Gasteiger partial charge >= 0.3 is 6.18 Å². The second-order valence-electron chi connectivity index (χ2n) is 8.41. The van der Waals surface area contributed by atoms with Gasteiger partial charge in [0.05, 0.1) is 23.5 Å². The fourth-order valence-corrected chi connectivity index (χ4v) is 4.66. The van der Waals surface area contributed by atoms with Gasteiger partial charge in [0.1, 0.15) is 31.3 Å². The third kappa shape index (κ3) is 3.75. The van der Waals surface area contributed by atoms with Crippen molar-refractivity contribution in [3.05, 3.63) is 82.2 Å². The summed E-state index contributed by atoms with van der Waals surface area (Å²) in [6.45, 7) is 0.711. The smallest absolute Gasteiger partial charge is 0.416 e. The van der Waals surface area contributed by atoms with Gasteiger partial charge in [-0.1, -0.05) is 23.7 Å². The molecule has 1 unspecified atom stereocenters. The standard InChI is InChI=1S/C24H18ClF3N6O2/c1-35-11-20-31-32-22-16-8-15(25)5-6-18(16)34-12-29-21(19(34)9-33(20)22)23-30-17(10-36-23)13-3-2-4-14(7-13)24(26,27)28/h2-8,12,17H,9-11H2,1H3. The summed E-state index contributed by atoms with van der Waals surface area (Å²) in [5, 5.41) is 9.21. The monoisotopic (exact) mass is 514 g/mol. The van der Waals surface area contributed by atoms with E-state index in [1.165, 1.54) is 6.07 Å². The quantitative estimate of drug-likeness (QED) is 0.343. The number of aliphatic imine (C=N–C) groups is 1. The minimum Gasteiger partial charge on any atom is -0.474 e. The van der Waals surface area contributed by atoms with Crippen LogP contribution in [0.1, 0.15) is 34.4 Å². The molecule has 4 aromatic rings. The van der Waals surface area contributed by atoms with Gasteiger partial charge in [0, 0.05) is 17.7 Å². The lowest BCUT2D eigenvalue weighted by atomic mass is 10.0. The highest BCUT2D eigenvalue weighted by molar-refractivity contribution is 6.31. The van der Waals surface area contributed by atoms with Crippen molar-refractivity contribution in [2.75, 3.05) is 13.7 Å². The first-order valence-electron chi connectivity index (χ1n) is 11.0.